The number of rotatable bonds is 4. The molecule has 0 aliphatic carbocycles. The number of halogens is 1. The Bertz CT molecular complexity index is 859. The predicted molar refractivity (Wildman–Crippen MR) is 96.0 cm³/mol. The Morgan fingerprint density at radius 3 is 2.88 bits per heavy atom. The molecule has 0 saturated heterocycles. The monoisotopic (exact) mass is 409 g/mol. The fraction of sp³-hybridized carbons (Fsp3) is 0.250. The van der Waals surface area contributed by atoms with Gasteiger partial charge in [0.05, 0.1) is 11.3 Å². The Morgan fingerprint density at radius 2 is 2.08 bits per heavy atom. The zero-order valence-corrected chi connectivity index (χ0v) is 15.2. The van der Waals surface area contributed by atoms with Crippen LogP contribution in [-0.2, 0) is 21.2 Å². The number of nitrogens with zero attached hydrogens (tertiary/aromatic N) is 2. The van der Waals surface area contributed by atoms with Crippen LogP contribution in [0.25, 0.3) is 0 Å². The molecule has 1 aromatic rings. The Morgan fingerprint density at radius 1 is 1.29 bits per heavy atom. The van der Waals surface area contributed by atoms with E-state index in [2.05, 4.69) is 25.6 Å². The highest BCUT2D eigenvalue weighted by Gasteiger charge is 2.24. The van der Waals surface area contributed by atoms with Crippen LogP contribution in [0.5, 0.6) is 0 Å². The number of benzene rings is 1. The molecule has 0 atom stereocenters. The standard InChI is InChI=1S/C16H16BrN3O3S/c17-14-4-2-1-3-12(14)7-8-18-16(21)13-5-6-15-19-24(22,23)10-9-20(15)11-13/h1-6,11H,7-10H2,(H,18,21). The SMILES string of the molecule is O=C(NCCc1ccccc1Br)C1=CN2CCS(=O)(=O)N=C2C=C1. The number of nitrogens with one attached hydrogen (secondary N) is 1. The summed E-state index contributed by atoms with van der Waals surface area (Å²) >= 11 is 3.48. The molecule has 0 aromatic heterocycles. The van der Waals surface area contributed by atoms with Crippen LogP contribution in [-0.4, -0.2) is 43.9 Å². The average molecular weight is 410 g/mol. The van der Waals surface area contributed by atoms with Crippen molar-refractivity contribution in [2.24, 2.45) is 4.40 Å². The summed E-state index contributed by atoms with van der Waals surface area (Å²) in [5, 5.41) is 2.88. The van der Waals surface area contributed by atoms with Gasteiger partial charge in [0, 0.05) is 23.8 Å². The highest BCUT2D eigenvalue weighted by molar-refractivity contribution is 9.10. The predicted octanol–water partition coefficient (Wildman–Crippen LogP) is 1.61. The normalized spacial score (nSPS) is 18.5. The molecule has 1 aromatic carbocycles. The topological polar surface area (TPSA) is 78.8 Å². The Labute approximate surface area is 149 Å². The molecule has 8 heteroatoms. The van der Waals surface area contributed by atoms with Crippen molar-refractivity contribution in [1.29, 1.82) is 0 Å². The van der Waals surface area contributed by atoms with Gasteiger partial charge in [-0.2, -0.15) is 0 Å². The quantitative estimate of drug-likeness (QED) is 0.818. The molecule has 2 heterocycles. The number of amidine groups is 1. The fourth-order valence-electron chi connectivity index (χ4n) is 2.45. The van der Waals surface area contributed by atoms with Gasteiger partial charge >= 0.3 is 0 Å². The van der Waals surface area contributed by atoms with Crippen molar-refractivity contribution in [3.05, 3.63) is 58.2 Å². The minimum absolute atomic E-state index is 0.0439. The van der Waals surface area contributed by atoms with Gasteiger partial charge in [0.25, 0.3) is 15.9 Å². The molecule has 126 valence electrons. The van der Waals surface area contributed by atoms with Crippen LogP contribution in [0, 0.1) is 0 Å². The van der Waals surface area contributed by atoms with E-state index in [0.717, 1.165) is 16.5 Å². The minimum Gasteiger partial charge on any atom is -0.352 e. The summed E-state index contributed by atoms with van der Waals surface area (Å²) in [6.07, 6.45) is 5.50. The van der Waals surface area contributed by atoms with Gasteiger partial charge in [-0.3, -0.25) is 4.79 Å². The maximum atomic E-state index is 12.2. The van der Waals surface area contributed by atoms with Gasteiger partial charge in [-0.05, 0) is 30.2 Å². The maximum Gasteiger partial charge on any atom is 0.256 e. The van der Waals surface area contributed by atoms with Gasteiger partial charge in [-0.25, -0.2) is 8.42 Å². The second-order valence-corrected chi connectivity index (χ2v) is 8.05. The lowest BCUT2D eigenvalue weighted by Crippen LogP contribution is -2.38. The first-order valence-electron chi connectivity index (χ1n) is 7.45. The summed E-state index contributed by atoms with van der Waals surface area (Å²) < 4.78 is 27.7. The van der Waals surface area contributed by atoms with Crippen LogP contribution >= 0.6 is 15.9 Å². The molecular formula is C16H16BrN3O3S. The lowest BCUT2D eigenvalue weighted by atomic mass is 10.1. The number of carbonyl (C=O) groups is 1. The largest absolute Gasteiger partial charge is 0.352 e. The lowest BCUT2D eigenvalue weighted by Gasteiger charge is -2.26. The molecule has 0 radical (unpaired) electrons. The number of hydrogen-bond acceptors (Lipinski definition) is 4. The smallest absolute Gasteiger partial charge is 0.256 e. The molecule has 24 heavy (non-hydrogen) atoms. The van der Waals surface area contributed by atoms with Gasteiger partial charge in [0.1, 0.15) is 5.84 Å². The second-order valence-electron chi connectivity index (χ2n) is 5.44. The molecule has 3 rings (SSSR count). The van der Waals surface area contributed by atoms with Crippen molar-refractivity contribution < 1.29 is 13.2 Å². The van der Waals surface area contributed by atoms with Crippen molar-refractivity contribution in [3.63, 3.8) is 0 Å². The maximum absolute atomic E-state index is 12.2. The molecule has 1 N–H and O–H groups in total. The van der Waals surface area contributed by atoms with Crippen molar-refractivity contribution in [2.75, 3.05) is 18.8 Å². The molecule has 0 fully saturated rings. The summed E-state index contributed by atoms with van der Waals surface area (Å²) in [7, 11) is -3.38. The van der Waals surface area contributed by atoms with Gasteiger partial charge in [0.2, 0.25) is 0 Å². The van der Waals surface area contributed by atoms with Crippen molar-refractivity contribution in [3.8, 4) is 0 Å². The number of sulfonamides is 1. The average Bonchev–Trinajstić information content (AvgIpc) is 2.55. The highest BCUT2D eigenvalue weighted by Crippen LogP contribution is 2.17. The van der Waals surface area contributed by atoms with E-state index in [4.69, 9.17) is 0 Å². The Kier molecular flexibility index (Phi) is 4.86. The summed E-state index contributed by atoms with van der Waals surface area (Å²) in [5.74, 6) is 0.120. The Hall–Kier alpha value is -1.93. The summed E-state index contributed by atoms with van der Waals surface area (Å²) in [6, 6.07) is 7.88. The molecule has 2 aliphatic heterocycles. The van der Waals surface area contributed by atoms with E-state index in [-0.39, 0.29) is 11.7 Å². The summed E-state index contributed by atoms with van der Waals surface area (Å²) in [5.41, 5.74) is 1.61. The summed E-state index contributed by atoms with van der Waals surface area (Å²) in [4.78, 5) is 13.9. The molecule has 0 saturated carbocycles. The highest BCUT2D eigenvalue weighted by atomic mass is 79.9. The number of hydrogen-bond donors (Lipinski definition) is 1. The zero-order chi connectivity index (χ0) is 17.2. The van der Waals surface area contributed by atoms with Crippen LogP contribution in [0.2, 0.25) is 0 Å². The second kappa shape index (κ2) is 6.90. The summed E-state index contributed by atoms with van der Waals surface area (Å²) in [6.45, 7) is 0.821. The fourth-order valence-corrected chi connectivity index (χ4v) is 3.90. The molecular weight excluding hydrogens is 394 g/mol. The van der Waals surface area contributed by atoms with Gasteiger partial charge in [0.15, 0.2) is 0 Å². The molecule has 0 unspecified atom stereocenters. The van der Waals surface area contributed by atoms with E-state index in [1.54, 1.807) is 23.3 Å². The third kappa shape index (κ3) is 3.93. The van der Waals surface area contributed by atoms with Crippen LogP contribution in [0.1, 0.15) is 5.56 Å². The van der Waals surface area contributed by atoms with E-state index in [9.17, 15) is 13.2 Å². The van der Waals surface area contributed by atoms with E-state index in [1.807, 2.05) is 24.3 Å². The van der Waals surface area contributed by atoms with Crippen molar-refractivity contribution in [1.82, 2.24) is 10.2 Å². The van der Waals surface area contributed by atoms with E-state index in [1.165, 1.54) is 0 Å². The van der Waals surface area contributed by atoms with Crippen LogP contribution < -0.4 is 5.32 Å². The first kappa shape index (κ1) is 16.9. The van der Waals surface area contributed by atoms with Crippen LogP contribution in [0.3, 0.4) is 0 Å². The third-order valence-corrected chi connectivity index (χ3v) is 5.66. The molecule has 0 bridgehead atoms. The van der Waals surface area contributed by atoms with E-state index < -0.39 is 10.0 Å². The Balaban J connectivity index is 1.60. The molecule has 1 amide bonds. The first-order chi connectivity index (χ1) is 11.4. The minimum atomic E-state index is -3.38. The van der Waals surface area contributed by atoms with Crippen LogP contribution in [0.4, 0.5) is 0 Å². The van der Waals surface area contributed by atoms with Crippen molar-refractivity contribution >= 4 is 37.7 Å². The lowest BCUT2D eigenvalue weighted by molar-refractivity contribution is -0.117. The van der Waals surface area contributed by atoms with E-state index >= 15 is 0 Å². The first-order valence-corrected chi connectivity index (χ1v) is 9.86. The van der Waals surface area contributed by atoms with Gasteiger partial charge in [-0.1, -0.05) is 34.1 Å². The van der Waals surface area contributed by atoms with Gasteiger partial charge < -0.3 is 10.2 Å². The van der Waals surface area contributed by atoms with E-state index in [0.29, 0.717) is 24.5 Å². The number of carbonyl (C=O) groups excluding carboxylic acids is 1. The molecule has 2 aliphatic rings. The van der Waals surface area contributed by atoms with Crippen LogP contribution in [0.15, 0.2) is 57.1 Å². The number of amides is 1. The zero-order valence-electron chi connectivity index (χ0n) is 12.8. The molecule has 0 spiro atoms. The van der Waals surface area contributed by atoms with Gasteiger partial charge in [-0.15, -0.1) is 4.40 Å². The number of fused-ring (bicyclic) bond motifs is 1. The molecule has 6 nitrogen and oxygen atoms in total. The third-order valence-electron chi connectivity index (χ3n) is 3.72. The van der Waals surface area contributed by atoms with Crippen molar-refractivity contribution in [2.45, 2.75) is 6.42 Å².